The Kier molecular flexibility index (Phi) is 9.39. The molecule has 2 unspecified atom stereocenters. The number of anilines is 1. The third-order valence-electron chi connectivity index (χ3n) is 5.52. The predicted octanol–water partition coefficient (Wildman–Crippen LogP) is 3.96. The van der Waals surface area contributed by atoms with E-state index in [-0.39, 0.29) is 24.0 Å². The number of aliphatic hydroxyl groups excluding tert-OH is 1. The van der Waals surface area contributed by atoms with Gasteiger partial charge in [-0.15, -0.1) is 24.0 Å². The van der Waals surface area contributed by atoms with Gasteiger partial charge in [-0.25, -0.2) is 0 Å². The first-order valence-electron chi connectivity index (χ1n) is 10.2. The van der Waals surface area contributed by atoms with Crippen LogP contribution >= 0.6 is 24.0 Å². The summed E-state index contributed by atoms with van der Waals surface area (Å²) in [4.78, 5) is 6.59. The molecular formula is C23H33IN4O. The fourth-order valence-corrected chi connectivity index (χ4v) is 3.59. The molecule has 2 aromatic carbocycles. The highest BCUT2D eigenvalue weighted by Gasteiger charge is 2.18. The third kappa shape index (κ3) is 6.97. The number of halogens is 1. The van der Waals surface area contributed by atoms with Crippen molar-refractivity contribution < 1.29 is 5.11 Å². The standard InChI is InChI=1S/C23H32N4O.HI/c1-3-17(2)18-8-10-21(11-9-18)26-23(24)25-14-22(28)16-27-13-12-19-6-4-5-7-20(19)15-27;/h4-11,17,22,28H,3,12-16H2,1-2H3,(H3,24,25,26);1H. The molecule has 29 heavy (non-hydrogen) atoms. The SMILES string of the molecule is CCC(C)c1ccc(NC(N)=NCC(O)CN2CCc3ccccc3C2)cc1.I. The van der Waals surface area contributed by atoms with E-state index in [0.29, 0.717) is 25.0 Å². The summed E-state index contributed by atoms with van der Waals surface area (Å²) in [5.41, 5.74) is 11.0. The fraction of sp³-hybridized carbons (Fsp3) is 0.435. The molecule has 1 aliphatic heterocycles. The van der Waals surface area contributed by atoms with E-state index in [4.69, 9.17) is 5.73 Å². The van der Waals surface area contributed by atoms with E-state index in [1.807, 2.05) is 12.1 Å². The Balaban J connectivity index is 0.00000300. The second kappa shape index (κ2) is 11.5. The molecule has 4 N–H and O–H groups in total. The number of benzene rings is 2. The van der Waals surface area contributed by atoms with E-state index in [1.54, 1.807) is 0 Å². The van der Waals surface area contributed by atoms with Crippen molar-refractivity contribution in [1.82, 2.24) is 4.90 Å². The zero-order valence-corrected chi connectivity index (χ0v) is 19.7. The zero-order valence-electron chi connectivity index (χ0n) is 17.3. The number of nitrogens with one attached hydrogen (secondary N) is 1. The van der Waals surface area contributed by atoms with Crippen LogP contribution < -0.4 is 11.1 Å². The van der Waals surface area contributed by atoms with Crippen molar-refractivity contribution in [3.8, 4) is 0 Å². The van der Waals surface area contributed by atoms with Gasteiger partial charge in [0.2, 0.25) is 0 Å². The van der Waals surface area contributed by atoms with Crippen LogP contribution in [0.1, 0.15) is 42.9 Å². The Morgan fingerprint density at radius 1 is 1.17 bits per heavy atom. The second-order valence-corrected chi connectivity index (χ2v) is 7.69. The highest BCUT2D eigenvalue weighted by Crippen LogP contribution is 2.20. The number of nitrogens with two attached hydrogens (primary N) is 1. The fourth-order valence-electron chi connectivity index (χ4n) is 3.59. The molecule has 0 saturated heterocycles. The number of guanidine groups is 1. The summed E-state index contributed by atoms with van der Waals surface area (Å²) in [6, 6.07) is 16.8. The summed E-state index contributed by atoms with van der Waals surface area (Å²) in [6.07, 6.45) is 1.62. The summed E-state index contributed by atoms with van der Waals surface area (Å²) >= 11 is 0. The zero-order chi connectivity index (χ0) is 19.9. The van der Waals surface area contributed by atoms with Gasteiger partial charge >= 0.3 is 0 Å². The van der Waals surface area contributed by atoms with Gasteiger partial charge in [-0.1, -0.05) is 50.2 Å². The Hall–Kier alpha value is -1.64. The van der Waals surface area contributed by atoms with Crippen LogP contribution in [0.15, 0.2) is 53.5 Å². The van der Waals surface area contributed by atoms with Gasteiger partial charge in [0, 0.05) is 25.3 Å². The van der Waals surface area contributed by atoms with Crippen molar-refractivity contribution in [1.29, 1.82) is 0 Å². The second-order valence-electron chi connectivity index (χ2n) is 7.69. The van der Waals surface area contributed by atoms with Crippen LogP contribution in [0.2, 0.25) is 0 Å². The predicted molar refractivity (Wildman–Crippen MR) is 132 cm³/mol. The van der Waals surface area contributed by atoms with E-state index >= 15 is 0 Å². The van der Waals surface area contributed by atoms with Gasteiger partial charge in [-0.3, -0.25) is 9.89 Å². The highest BCUT2D eigenvalue weighted by molar-refractivity contribution is 14.0. The number of hydrogen-bond donors (Lipinski definition) is 3. The van der Waals surface area contributed by atoms with Crippen LogP contribution in [0.25, 0.3) is 0 Å². The van der Waals surface area contributed by atoms with Crippen molar-refractivity contribution in [2.24, 2.45) is 10.7 Å². The molecule has 0 aliphatic carbocycles. The molecule has 0 saturated carbocycles. The summed E-state index contributed by atoms with van der Waals surface area (Å²) < 4.78 is 0. The van der Waals surface area contributed by atoms with E-state index in [1.165, 1.54) is 16.7 Å². The minimum atomic E-state index is -0.529. The number of β-amino-alcohol motifs (C(OH)–C–C–N with tert-alkyl or cyclic N) is 1. The van der Waals surface area contributed by atoms with Gasteiger partial charge < -0.3 is 16.2 Å². The maximum Gasteiger partial charge on any atom is 0.193 e. The molecule has 2 aromatic rings. The van der Waals surface area contributed by atoms with Crippen molar-refractivity contribution in [2.45, 2.75) is 45.3 Å². The van der Waals surface area contributed by atoms with Crippen molar-refractivity contribution >= 4 is 35.6 Å². The van der Waals surface area contributed by atoms with Gasteiger partial charge in [0.05, 0.1) is 12.6 Å². The average molecular weight is 508 g/mol. The minimum Gasteiger partial charge on any atom is -0.390 e. The lowest BCUT2D eigenvalue weighted by Gasteiger charge is -2.30. The van der Waals surface area contributed by atoms with E-state index in [0.717, 1.165) is 31.6 Å². The Labute approximate surface area is 191 Å². The number of aliphatic imine (C=N–C) groups is 1. The van der Waals surface area contributed by atoms with Gasteiger partial charge in [0.15, 0.2) is 5.96 Å². The first-order chi connectivity index (χ1) is 13.5. The van der Waals surface area contributed by atoms with Gasteiger partial charge in [0.1, 0.15) is 0 Å². The minimum absolute atomic E-state index is 0. The van der Waals surface area contributed by atoms with Crippen molar-refractivity contribution in [2.75, 3.05) is 25.0 Å². The summed E-state index contributed by atoms with van der Waals surface area (Å²) in [7, 11) is 0. The van der Waals surface area contributed by atoms with Crippen molar-refractivity contribution in [3.63, 3.8) is 0 Å². The van der Waals surface area contributed by atoms with Crippen LogP contribution in [0.5, 0.6) is 0 Å². The molecule has 1 aliphatic rings. The molecule has 0 aromatic heterocycles. The maximum absolute atomic E-state index is 10.4. The van der Waals surface area contributed by atoms with E-state index < -0.39 is 6.10 Å². The molecule has 0 radical (unpaired) electrons. The quantitative estimate of drug-likeness (QED) is 0.301. The first kappa shape index (κ1) is 23.6. The molecule has 2 atom stereocenters. The number of rotatable bonds is 7. The van der Waals surface area contributed by atoms with Gasteiger partial charge in [-0.05, 0) is 47.6 Å². The Morgan fingerprint density at radius 2 is 1.86 bits per heavy atom. The topological polar surface area (TPSA) is 73.9 Å². The molecule has 5 nitrogen and oxygen atoms in total. The average Bonchev–Trinajstić information content (AvgIpc) is 2.72. The number of aliphatic hydroxyl groups is 1. The molecule has 0 fully saturated rings. The Bertz CT molecular complexity index is 794. The first-order valence-corrected chi connectivity index (χ1v) is 10.2. The number of nitrogens with zero attached hydrogens (tertiary/aromatic N) is 2. The normalized spacial score (nSPS) is 16.4. The molecule has 0 spiro atoms. The largest absolute Gasteiger partial charge is 0.390 e. The summed E-state index contributed by atoms with van der Waals surface area (Å²) in [5, 5.41) is 13.5. The van der Waals surface area contributed by atoms with Crippen molar-refractivity contribution in [3.05, 3.63) is 65.2 Å². The molecule has 6 heteroatoms. The maximum atomic E-state index is 10.4. The van der Waals surface area contributed by atoms with Crippen LogP contribution in [0.3, 0.4) is 0 Å². The van der Waals surface area contributed by atoms with Gasteiger partial charge in [-0.2, -0.15) is 0 Å². The lowest BCUT2D eigenvalue weighted by atomic mass is 9.99. The van der Waals surface area contributed by atoms with E-state index in [9.17, 15) is 5.11 Å². The van der Waals surface area contributed by atoms with Crippen LogP contribution in [0.4, 0.5) is 5.69 Å². The van der Waals surface area contributed by atoms with E-state index in [2.05, 4.69) is 65.5 Å². The van der Waals surface area contributed by atoms with Crippen LogP contribution in [-0.4, -0.2) is 41.7 Å². The lowest BCUT2D eigenvalue weighted by molar-refractivity contribution is 0.112. The molecular weight excluding hydrogens is 475 g/mol. The molecule has 0 amide bonds. The monoisotopic (exact) mass is 508 g/mol. The smallest absolute Gasteiger partial charge is 0.193 e. The summed E-state index contributed by atoms with van der Waals surface area (Å²) in [6.45, 7) is 7.16. The Morgan fingerprint density at radius 3 is 2.55 bits per heavy atom. The molecule has 0 bridgehead atoms. The van der Waals surface area contributed by atoms with Gasteiger partial charge in [0.25, 0.3) is 0 Å². The number of hydrogen-bond acceptors (Lipinski definition) is 3. The third-order valence-corrected chi connectivity index (χ3v) is 5.52. The lowest BCUT2D eigenvalue weighted by Crippen LogP contribution is -2.38. The number of fused-ring (bicyclic) bond motifs is 1. The van der Waals surface area contributed by atoms with Crippen LogP contribution in [-0.2, 0) is 13.0 Å². The molecule has 1 heterocycles. The summed E-state index contributed by atoms with van der Waals surface area (Å²) in [5.74, 6) is 0.885. The molecule has 158 valence electrons. The molecule has 3 rings (SSSR count). The van der Waals surface area contributed by atoms with Crippen LogP contribution in [0, 0.1) is 0 Å². The highest BCUT2D eigenvalue weighted by atomic mass is 127.